The molecule has 0 aromatic carbocycles. The lowest BCUT2D eigenvalue weighted by Crippen LogP contribution is -2.18. The Morgan fingerprint density at radius 3 is 2.45 bits per heavy atom. The molecule has 106 valence electrons. The summed E-state index contributed by atoms with van der Waals surface area (Å²) in [7, 11) is 1.81. The molecule has 0 aliphatic rings. The highest BCUT2D eigenvalue weighted by molar-refractivity contribution is 5.56. The normalized spacial score (nSPS) is 11.6. The average molecular weight is 274 g/mol. The van der Waals surface area contributed by atoms with Gasteiger partial charge in [0.1, 0.15) is 6.07 Å². The third-order valence-electron chi connectivity index (χ3n) is 3.13. The van der Waals surface area contributed by atoms with Crippen molar-refractivity contribution in [3.63, 3.8) is 0 Å². The van der Waals surface area contributed by atoms with Crippen LogP contribution in [0, 0.1) is 11.3 Å². The predicted octanol–water partition coefficient (Wildman–Crippen LogP) is 1.85. The summed E-state index contributed by atoms with van der Waals surface area (Å²) in [6.07, 6.45) is 3.52. The smallest absolute Gasteiger partial charge is 0.213 e. The first-order valence-corrected chi connectivity index (χ1v) is 6.28. The molecule has 0 aliphatic heterocycles. The second-order valence-corrected chi connectivity index (χ2v) is 5.87. The molecule has 2 aromatic rings. The van der Waals surface area contributed by atoms with E-state index in [1.54, 1.807) is 15.4 Å². The predicted molar refractivity (Wildman–Crippen MR) is 73.5 cm³/mol. The van der Waals surface area contributed by atoms with Crippen LogP contribution >= 0.6 is 0 Å². The summed E-state index contributed by atoms with van der Waals surface area (Å²) in [5.41, 5.74) is 0.931. The first-order chi connectivity index (χ1) is 9.25. The van der Waals surface area contributed by atoms with Gasteiger partial charge in [0.05, 0.1) is 18.4 Å². The zero-order chi connectivity index (χ0) is 15.1. The molecule has 0 saturated heterocycles. The molecule has 6 heteroatoms. The summed E-state index contributed by atoms with van der Waals surface area (Å²) >= 11 is 0. The maximum absolute atomic E-state index is 10.2. The van der Waals surface area contributed by atoms with Crippen LogP contribution in [0.5, 0.6) is 11.6 Å². The van der Waals surface area contributed by atoms with Gasteiger partial charge in [-0.25, -0.2) is 0 Å². The fourth-order valence-electron chi connectivity index (χ4n) is 2.35. The third-order valence-corrected chi connectivity index (χ3v) is 3.13. The lowest BCUT2D eigenvalue weighted by atomic mass is 9.91. The van der Waals surface area contributed by atoms with Crippen LogP contribution in [0.15, 0.2) is 12.4 Å². The minimum atomic E-state index is -0.404. The number of hydrogen-bond acceptors (Lipinski definition) is 4. The fraction of sp³-hybridized carbons (Fsp3) is 0.429. The molecule has 0 amide bonds. The lowest BCUT2D eigenvalue weighted by molar-refractivity contribution is 0.401. The zero-order valence-corrected chi connectivity index (χ0v) is 12.0. The van der Waals surface area contributed by atoms with E-state index in [1.165, 1.54) is 0 Å². The molecule has 2 aromatic heterocycles. The van der Waals surface area contributed by atoms with Crippen LogP contribution in [-0.2, 0) is 19.0 Å². The number of nitrogens with zero attached hydrogens (tertiary/aromatic N) is 4. The molecule has 0 unspecified atom stereocenters. The molecule has 2 rings (SSSR count). The number of rotatable bonds is 2. The van der Waals surface area contributed by atoms with Crippen molar-refractivity contribution in [3.8, 4) is 17.7 Å². The van der Waals surface area contributed by atoms with Gasteiger partial charge in [-0.2, -0.15) is 10.4 Å². The first-order valence-electron chi connectivity index (χ1n) is 6.28. The summed E-state index contributed by atoms with van der Waals surface area (Å²) in [5.74, 6) is -0.361. The second-order valence-electron chi connectivity index (χ2n) is 5.87. The molecule has 0 spiro atoms. The summed E-state index contributed by atoms with van der Waals surface area (Å²) in [4.78, 5) is 0. The molecular weight excluding hydrogens is 256 g/mol. The van der Waals surface area contributed by atoms with Crippen LogP contribution in [0.2, 0.25) is 0 Å². The number of aromatic hydroxyl groups is 2. The Labute approximate surface area is 117 Å². The van der Waals surface area contributed by atoms with Crippen LogP contribution in [0.1, 0.15) is 37.6 Å². The van der Waals surface area contributed by atoms with Crippen LogP contribution in [0.25, 0.3) is 0 Å². The highest BCUT2D eigenvalue weighted by atomic mass is 16.3. The molecule has 20 heavy (non-hydrogen) atoms. The van der Waals surface area contributed by atoms with E-state index < -0.39 is 5.41 Å². The lowest BCUT2D eigenvalue weighted by Gasteiger charge is -2.21. The molecule has 0 aliphatic carbocycles. The van der Waals surface area contributed by atoms with E-state index in [4.69, 9.17) is 5.26 Å². The maximum Gasteiger partial charge on any atom is 0.213 e. The topological polar surface area (TPSA) is 87.0 Å². The van der Waals surface area contributed by atoms with Gasteiger partial charge in [0.25, 0.3) is 0 Å². The van der Waals surface area contributed by atoms with Gasteiger partial charge in [-0.3, -0.25) is 4.68 Å². The molecule has 0 saturated carbocycles. The summed E-state index contributed by atoms with van der Waals surface area (Å²) in [5, 5.41) is 33.5. The van der Waals surface area contributed by atoms with E-state index in [1.807, 2.05) is 40.1 Å². The van der Waals surface area contributed by atoms with E-state index in [2.05, 4.69) is 5.10 Å². The minimum absolute atomic E-state index is 0.0844. The van der Waals surface area contributed by atoms with Crippen molar-refractivity contribution in [1.29, 1.82) is 5.26 Å². The van der Waals surface area contributed by atoms with Crippen molar-refractivity contribution >= 4 is 0 Å². The molecule has 6 nitrogen and oxygen atoms in total. The van der Waals surface area contributed by atoms with Gasteiger partial charge >= 0.3 is 0 Å². The van der Waals surface area contributed by atoms with Gasteiger partial charge in [0.2, 0.25) is 5.88 Å². The number of aryl methyl sites for hydroxylation is 1. The molecular formula is C14H18N4O2. The Hall–Kier alpha value is -2.42. The summed E-state index contributed by atoms with van der Waals surface area (Å²) < 4.78 is 3.22. The Kier molecular flexibility index (Phi) is 3.22. The molecule has 0 bridgehead atoms. The van der Waals surface area contributed by atoms with E-state index in [0.29, 0.717) is 12.2 Å². The highest BCUT2D eigenvalue weighted by Gasteiger charge is 2.30. The summed E-state index contributed by atoms with van der Waals surface area (Å²) in [6.45, 7) is 6.11. The Bertz CT molecular complexity index is 683. The van der Waals surface area contributed by atoms with Crippen LogP contribution in [-0.4, -0.2) is 24.6 Å². The molecule has 2 N–H and O–H groups in total. The Morgan fingerprint density at radius 1 is 1.35 bits per heavy atom. The third kappa shape index (κ3) is 2.23. The fourth-order valence-corrected chi connectivity index (χ4v) is 2.35. The molecule has 2 heterocycles. The second kappa shape index (κ2) is 4.60. The average Bonchev–Trinajstić information content (AvgIpc) is 2.82. The van der Waals surface area contributed by atoms with E-state index in [9.17, 15) is 10.2 Å². The SMILES string of the molecule is Cn1cc(Cn2c(O)c(C#N)c(O)c2C(C)(C)C)cn1. The standard InChI is InChI=1S/C14H18N4O2/c1-14(2,3)12-11(19)10(5-15)13(20)18(12)8-9-6-16-17(4)7-9/h6-7,19-20H,8H2,1-4H3. The van der Waals surface area contributed by atoms with Crippen LogP contribution < -0.4 is 0 Å². The van der Waals surface area contributed by atoms with Crippen molar-refractivity contribution in [2.45, 2.75) is 32.7 Å². The quantitative estimate of drug-likeness (QED) is 0.875. The minimum Gasteiger partial charge on any atom is -0.505 e. The van der Waals surface area contributed by atoms with Crippen molar-refractivity contribution in [3.05, 3.63) is 29.2 Å². The molecule has 0 radical (unpaired) electrons. The molecule has 0 fully saturated rings. The van der Waals surface area contributed by atoms with Gasteiger partial charge in [0, 0.05) is 24.2 Å². The zero-order valence-electron chi connectivity index (χ0n) is 12.0. The maximum atomic E-state index is 10.2. The number of hydrogen-bond donors (Lipinski definition) is 2. The largest absolute Gasteiger partial charge is 0.505 e. The molecule has 0 atom stereocenters. The highest BCUT2D eigenvalue weighted by Crippen LogP contribution is 2.40. The first kappa shape index (κ1) is 14.0. The number of nitriles is 1. The van der Waals surface area contributed by atoms with Crippen molar-refractivity contribution < 1.29 is 10.2 Å². The Morgan fingerprint density at radius 2 is 2.00 bits per heavy atom. The Balaban J connectivity index is 2.59. The van der Waals surface area contributed by atoms with E-state index >= 15 is 0 Å². The van der Waals surface area contributed by atoms with E-state index in [-0.39, 0.29) is 17.2 Å². The van der Waals surface area contributed by atoms with Gasteiger partial charge in [0.15, 0.2) is 11.3 Å². The van der Waals surface area contributed by atoms with Gasteiger partial charge < -0.3 is 14.8 Å². The van der Waals surface area contributed by atoms with Gasteiger partial charge in [-0.15, -0.1) is 0 Å². The monoisotopic (exact) mass is 274 g/mol. The van der Waals surface area contributed by atoms with Gasteiger partial charge in [-0.1, -0.05) is 20.8 Å². The van der Waals surface area contributed by atoms with Gasteiger partial charge in [-0.05, 0) is 0 Å². The number of aromatic nitrogens is 3. The van der Waals surface area contributed by atoms with Crippen molar-refractivity contribution in [1.82, 2.24) is 14.3 Å². The van der Waals surface area contributed by atoms with Crippen LogP contribution in [0.4, 0.5) is 0 Å². The van der Waals surface area contributed by atoms with Crippen molar-refractivity contribution in [2.75, 3.05) is 0 Å². The van der Waals surface area contributed by atoms with Crippen LogP contribution in [0.3, 0.4) is 0 Å². The van der Waals surface area contributed by atoms with E-state index in [0.717, 1.165) is 5.56 Å². The van der Waals surface area contributed by atoms with Crippen molar-refractivity contribution in [2.24, 2.45) is 7.05 Å². The summed E-state index contributed by atoms with van der Waals surface area (Å²) in [6, 6.07) is 1.85.